The van der Waals surface area contributed by atoms with Crippen LogP contribution >= 0.6 is 0 Å². The van der Waals surface area contributed by atoms with E-state index in [1.807, 2.05) is 6.07 Å². The molecular weight excluding hydrogens is 212 g/mol. The van der Waals surface area contributed by atoms with Gasteiger partial charge in [-0.1, -0.05) is 42.4 Å². The summed E-state index contributed by atoms with van der Waals surface area (Å²) < 4.78 is 5.49. The van der Waals surface area contributed by atoms with Crippen molar-refractivity contribution in [1.29, 1.82) is 0 Å². The molecule has 88 valence electrons. The summed E-state index contributed by atoms with van der Waals surface area (Å²) in [6.45, 7) is 2.09. The highest BCUT2D eigenvalue weighted by Crippen LogP contribution is 2.55. The minimum Gasteiger partial charge on any atom is -0.381 e. The number of aromatic nitrogens is 1. The molecule has 1 aromatic carbocycles. The molecule has 3 heteroatoms. The van der Waals surface area contributed by atoms with Crippen molar-refractivity contribution in [3.63, 3.8) is 0 Å². The van der Waals surface area contributed by atoms with Gasteiger partial charge in [-0.15, -0.1) is 0 Å². The van der Waals surface area contributed by atoms with Gasteiger partial charge in [0.25, 0.3) is 0 Å². The van der Waals surface area contributed by atoms with Gasteiger partial charge in [-0.25, -0.2) is 0 Å². The molecule has 0 bridgehead atoms. The summed E-state index contributed by atoms with van der Waals surface area (Å²) in [6.07, 6.45) is 3.12. The molecule has 1 fully saturated rings. The van der Waals surface area contributed by atoms with Crippen LogP contribution in [0.2, 0.25) is 0 Å². The number of hydrogen-bond acceptors (Lipinski definition) is 3. The summed E-state index contributed by atoms with van der Waals surface area (Å²) >= 11 is 0. The number of rotatable bonds is 3. The molecule has 1 aromatic heterocycles. The third-order valence-corrected chi connectivity index (χ3v) is 3.68. The first-order chi connectivity index (χ1) is 8.28. The molecular formula is C14H16N2O. The van der Waals surface area contributed by atoms with Crippen LogP contribution in [0, 0.1) is 0 Å². The quantitative estimate of drug-likeness (QED) is 0.878. The molecule has 3 rings (SSSR count). The zero-order valence-electron chi connectivity index (χ0n) is 9.94. The summed E-state index contributed by atoms with van der Waals surface area (Å²) in [5, 5.41) is 3.92. The van der Waals surface area contributed by atoms with E-state index < -0.39 is 0 Å². The van der Waals surface area contributed by atoms with Crippen LogP contribution in [0.15, 0.2) is 34.9 Å². The largest absolute Gasteiger partial charge is 0.381 e. The Labute approximate surface area is 101 Å². The average Bonchev–Trinajstić information content (AvgIpc) is 3.09. The molecule has 0 saturated heterocycles. The van der Waals surface area contributed by atoms with Crippen LogP contribution in [0.1, 0.15) is 36.7 Å². The van der Waals surface area contributed by atoms with Gasteiger partial charge >= 0.3 is 0 Å². The van der Waals surface area contributed by atoms with E-state index in [0.29, 0.717) is 5.82 Å². The van der Waals surface area contributed by atoms with Crippen molar-refractivity contribution in [1.82, 2.24) is 5.16 Å². The predicted octanol–water partition coefficient (Wildman–Crippen LogP) is 2.90. The zero-order chi connectivity index (χ0) is 11.9. The normalized spacial score (nSPS) is 17.0. The van der Waals surface area contributed by atoms with E-state index in [1.54, 1.807) is 0 Å². The van der Waals surface area contributed by atoms with Gasteiger partial charge in [0.15, 0.2) is 11.6 Å². The third-order valence-electron chi connectivity index (χ3n) is 3.68. The summed E-state index contributed by atoms with van der Waals surface area (Å²) in [6, 6.07) is 10.5. The van der Waals surface area contributed by atoms with Crippen molar-refractivity contribution >= 4 is 5.82 Å². The van der Waals surface area contributed by atoms with E-state index in [2.05, 4.69) is 36.3 Å². The van der Waals surface area contributed by atoms with E-state index in [-0.39, 0.29) is 5.41 Å². The predicted molar refractivity (Wildman–Crippen MR) is 66.7 cm³/mol. The second-order valence-electron chi connectivity index (χ2n) is 4.68. The molecule has 0 atom stereocenters. The third kappa shape index (κ3) is 1.46. The fourth-order valence-electron chi connectivity index (χ4n) is 2.57. The minimum absolute atomic E-state index is 0.0389. The maximum absolute atomic E-state index is 5.85. The lowest BCUT2D eigenvalue weighted by molar-refractivity contribution is 0.366. The molecule has 0 spiro atoms. The lowest BCUT2D eigenvalue weighted by Gasteiger charge is -2.13. The highest BCUT2D eigenvalue weighted by atomic mass is 16.5. The van der Waals surface area contributed by atoms with Crippen molar-refractivity contribution in [2.24, 2.45) is 0 Å². The Balaban J connectivity index is 2.10. The van der Waals surface area contributed by atoms with Gasteiger partial charge in [-0.2, -0.15) is 0 Å². The molecule has 2 aromatic rings. The van der Waals surface area contributed by atoms with E-state index >= 15 is 0 Å². The second-order valence-corrected chi connectivity index (χ2v) is 4.68. The fourth-order valence-corrected chi connectivity index (χ4v) is 2.57. The summed E-state index contributed by atoms with van der Waals surface area (Å²) in [4.78, 5) is 0. The lowest BCUT2D eigenvalue weighted by atomic mass is 9.90. The fraction of sp³-hybridized carbons (Fsp3) is 0.357. The molecule has 1 heterocycles. The Morgan fingerprint density at radius 1 is 1.29 bits per heavy atom. The molecule has 3 nitrogen and oxygen atoms in total. The molecule has 0 radical (unpaired) electrons. The Hall–Kier alpha value is -1.77. The number of nitrogen functional groups attached to an aromatic ring is 1. The van der Waals surface area contributed by atoms with Gasteiger partial charge in [0, 0.05) is 5.56 Å². The zero-order valence-corrected chi connectivity index (χ0v) is 9.94. The lowest BCUT2D eigenvalue weighted by Crippen LogP contribution is -2.10. The van der Waals surface area contributed by atoms with Gasteiger partial charge in [0.05, 0.1) is 5.41 Å². The van der Waals surface area contributed by atoms with Crippen LogP contribution in [-0.4, -0.2) is 5.16 Å². The summed E-state index contributed by atoms with van der Waals surface area (Å²) in [5.41, 5.74) is 8.27. The highest BCUT2D eigenvalue weighted by Gasteiger charge is 2.50. The molecule has 17 heavy (non-hydrogen) atoms. The Kier molecular flexibility index (Phi) is 2.21. The average molecular weight is 228 g/mol. The first-order valence-electron chi connectivity index (χ1n) is 6.08. The van der Waals surface area contributed by atoms with Gasteiger partial charge in [-0.05, 0) is 24.8 Å². The first-order valence-corrected chi connectivity index (χ1v) is 6.08. The molecule has 1 saturated carbocycles. The minimum atomic E-state index is 0.0389. The molecule has 0 aliphatic heterocycles. The van der Waals surface area contributed by atoms with E-state index in [4.69, 9.17) is 10.3 Å². The standard InChI is InChI=1S/C14H16N2O/c1-2-11-12(17-16-13(11)15)14(8-9-14)10-6-4-3-5-7-10/h3-7H,2,8-9H2,1H3,(H2,15,16). The Morgan fingerprint density at radius 2 is 2.00 bits per heavy atom. The molecule has 1 aliphatic carbocycles. The Bertz CT molecular complexity index is 526. The van der Waals surface area contributed by atoms with Crippen LogP contribution in [0.5, 0.6) is 0 Å². The van der Waals surface area contributed by atoms with Crippen LogP contribution in [0.3, 0.4) is 0 Å². The second kappa shape index (κ2) is 3.62. The van der Waals surface area contributed by atoms with E-state index in [0.717, 1.165) is 30.6 Å². The Morgan fingerprint density at radius 3 is 2.59 bits per heavy atom. The smallest absolute Gasteiger partial charge is 0.170 e. The number of benzene rings is 1. The number of hydrogen-bond donors (Lipinski definition) is 1. The number of nitrogens with two attached hydrogens (primary N) is 1. The first kappa shape index (κ1) is 10.4. The maximum Gasteiger partial charge on any atom is 0.170 e. The van der Waals surface area contributed by atoms with Gasteiger partial charge in [0.2, 0.25) is 0 Å². The maximum atomic E-state index is 5.85. The van der Waals surface area contributed by atoms with Crippen LogP contribution in [0.4, 0.5) is 5.82 Å². The summed E-state index contributed by atoms with van der Waals surface area (Å²) in [7, 11) is 0. The molecule has 0 unspecified atom stereocenters. The highest BCUT2D eigenvalue weighted by molar-refractivity contribution is 5.50. The topological polar surface area (TPSA) is 52.0 Å². The van der Waals surface area contributed by atoms with Crippen LogP contribution in [-0.2, 0) is 11.8 Å². The van der Waals surface area contributed by atoms with Crippen molar-refractivity contribution in [3.05, 3.63) is 47.2 Å². The van der Waals surface area contributed by atoms with Crippen molar-refractivity contribution in [2.45, 2.75) is 31.6 Å². The number of nitrogens with zero attached hydrogens (tertiary/aromatic N) is 1. The van der Waals surface area contributed by atoms with Crippen LogP contribution in [0.25, 0.3) is 0 Å². The molecule has 0 amide bonds. The molecule has 2 N–H and O–H groups in total. The van der Waals surface area contributed by atoms with Crippen molar-refractivity contribution < 1.29 is 4.52 Å². The van der Waals surface area contributed by atoms with Gasteiger partial charge in [-0.3, -0.25) is 0 Å². The van der Waals surface area contributed by atoms with Gasteiger partial charge in [0.1, 0.15) is 0 Å². The number of anilines is 1. The SMILES string of the molecule is CCc1c(N)noc1C1(c2ccccc2)CC1. The summed E-state index contributed by atoms with van der Waals surface area (Å²) in [5.74, 6) is 1.52. The molecule has 1 aliphatic rings. The van der Waals surface area contributed by atoms with Gasteiger partial charge < -0.3 is 10.3 Å². The van der Waals surface area contributed by atoms with Crippen molar-refractivity contribution in [3.8, 4) is 0 Å². The monoisotopic (exact) mass is 228 g/mol. The van der Waals surface area contributed by atoms with Crippen molar-refractivity contribution in [2.75, 3.05) is 5.73 Å². The van der Waals surface area contributed by atoms with Crippen LogP contribution < -0.4 is 5.73 Å². The van der Waals surface area contributed by atoms with E-state index in [1.165, 1.54) is 5.56 Å². The van der Waals surface area contributed by atoms with E-state index in [9.17, 15) is 0 Å².